The number of alkyl halides is 1. The highest BCUT2D eigenvalue weighted by atomic mass is 79.9. The Bertz CT molecular complexity index is 318. The van der Waals surface area contributed by atoms with Crippen molar-refractivity contribution in [1.82, 2.24) is 9.55 Å². The summed E-state index contributed by atoms with van der Waals surface area (Å²) < 4.78 is 2.10. The van der Waals surface area contributed by atoms with Crippen LogP contribution in [0.15, 0.2) is 17.6 Å². The van der Waals surface area contributed by atoms with Gasteiger partial charge >= 0.3 is 0 Å². The molecule has 0 spiro atoms. The van der Waals surface area contributed by atoms with Crippen molar-refractivity contribution >= 4 is 27.7 Å². The van der Waals surface area contributed by atoms with E-state index in [4.69, 9.17) is 0 Å². The minimum absolute atomic E-state index is 0.524. The van der Waals surface area contributed by atoms with Crippen LogP contribution < -0.4 is 0 Å². The highest BCUT2D eigenvalue weighted by Crippen LogP contribution is 2.43. The first-order valence-corrected chi connectivity index (χ1v) is 7.53. The molecule has 0 aliphatic heterocycles. The lowest BCUT2D eigenvalue weighted by molar-refractivity contribution is 0.405. The van der Waals surface area contributed by atoms with Crippen LogP contribution >= 0.6 is 27.7 Å². The van der Waals surface area contributed by atoms with Gasteiger partial charge in [-0.1, -0.05) is 40.5 Å². The van der Waals surface area contributed by atoms with Crippen molar-refractivity contribution in [3.8, 4) is 0 Å². The first-order chi connectivity index (χ1) is 7.26. The van der Waals surface area contributed by atoms with E-state index in [1.165, 1.54) is 31.4 Å². The van der Waals surface area contributed by atoms with Gasteiger partial charge in [-0.15, -0.1) is 0 Å². The summed E-state index contributed by atoms with van der Waals surface area (Å²) in [5, 5.41) is 2.28. The van der Waals surface area contributed by atoms with Crippen LogP contribution in [0.3, 0.4) is 0 Å². The normalized spacial score (nSPS) is 19.6. The van der Waals surface area contributed by atoms with E-state index in [9.17, 15) is 0 Å². The van der Waals surface area contributed by atoms with E-state index < -0.39 is 0 Å². The predicted octanol–water partition coefficient (Wildman–Crippen LogP) is 3.47. The second-order valence-corrected chi connectivity index (χ2v) is 5.95. The number of hydrogen-bond acceptors (Lipinski definition) is 2. The summed E-state index contributed by atoms with van der Waals surface area (Å²) in [5.41, 5.74) is 0.524. The van der Waals surface area contributed by atoms with Crippen molar-refractivity contribution in [1.29, 1.82) is 0 Å². The summed E-state index contributed by atoms with van der Waals surface area (Å²) in [4.78, 5) is 4.35. The Morgan fingerprint density at radius 3 is 2.80 bits per heavy atom. The lowest BCUT2D eigenvalue weighted by Gasteiger charge is -2.25. The summed E-state index contributed by atoms with van der Waals surface area (Å²) in [7, 11) is 2.06. The largest absolute Gasteiger partial charge is 0.329 e. The molecule has 1 fully saturated rings. The molecule has 1 heterocycles. The summed E-state index contributed by atoms with van der Waals surface area (Å²) in [6, 6.07) is 0. The number of rotatable bonds is 4. The lowest BCUT2D eigenvalue weighted by Crippen LogP contribution is -2.21. The van der Waals surface area contributed by atoms with Crippen molar-refractivity contribution in [2.75, 3.05) is 11.1 Å². The molecule has 0 radical (unpaired) electrons. The van der Waals surface area contributed by atoms with E-state index in [1.54, 1.807) is 0 Å². The molecule has 0 aromatic carbocycles. The van der Waals surface area contributed by atoms with Crippen molar-refractivity contribution in [3.05, 3.63) is 12.4 Å². The molecule has 1 aromatic rings. The molecule has 0 saturated heterocycles. The smallest absolute Gasteiger partial charge is 0.167 e. The topological polar surface area (TPSA) is 17.8 Å². The fourth-order valence-electron chi connectivity index (χ4n) is 2.15. The Balaban J connectivity index is 1.94. The summed E-state index contributed by atoms with van der Waals surface area (Å²) >= 11 is 5.57. The zero-order chi connectivity index (χ0) is 10.7. The first-order valence-electron chi connectivity index (χ1n) is 5.42. The molecule has 0 atom stereocenters. The number of nitrogens with zero attached hydrogens (tertiary/aromatic N) is 2. The van der Waals surface area contributed by atoms with Crippen LogP contribution in [0.5, 0.6) is 0 Å². The quantitative estimate of drug-likeness (QED) is 0.624. The molecular formula is C11H17BrN2S. The van der Waals surface area contributed by atoms with E-state index in [1.807, 2.05) is 24.2 Å². The summed E-state index contributed by atoms with van der Waals surface area (Å²) in [6.45, 7) is 0. The molecule has 1 aliphatic carbocycles. The molecule has 2 rings (SSSR count). The Morgan fingerprint density at radius 1 is 1.53 bits per heavy atom. The van der Waals surface area contributed by atoms with Gasteiger partial charge in [0.05, 0.1) is 0 Å². The van der Waals surface area contributed by atoms with Gasteiger partial charge in [0.25, 0.3) is 0 Å². The summed E-state index contributed by atoms with van der Waals surface area (Å²) in [6.07, 6.45) is 9.42. The third-order valence-corrected chi connectivity index (χ3v) is 5.83. The SMILES string of the molecule is Cn1ccnc1SCC1(CBr)CCCC1. The van der Waals surface area contributed by atoms with E-state index in [2.05, 4.69) is 32.5 Å². The van der Waals surface area contributed by atoms with Crippen molar-refractivity contribution in [3.63, 3.8) is 0 Å². The fourth-order valence-corrected chi connectivity index (χ4v) is 4.40. The number of imidazole rings is 1. The number of halogens is 1. The maximum absolute atomic E-state index is 4.35. The van der Waals surface area contributed by atoms with E-state index in [0.29, 0.717) is 5.41 Å². The van der Waals surface area contributed by atoms with Crippen molar-refractivity contribution < 1.29 is 0 Å². The standard InChI is InChI=1S/C11H17BrN2S/c1-14-7-6-13-10(14)15-9-11(8-12)4-2-3-5-11/h6-7H,2-5,8-9H2,1H3. The van der Waals surface area contributed by atoms with Gasteiger partial charge in [-0.2, -0.15) is 0 Å². The number of aryl methyl sites for hydroxylation is 1. The molecule has 0 unspecified atom stereocenters. The average molecular weight is 289 g/mol. The Morgan fingerprint density at radius 2 is 2.27 bits per heavy atom. The Hall–Kier alpha value is 0.0400. The molecule has 1 aliphatic rings. The monoisotopic (exact) mass is 288 g/mol. The van der Waals surface area contributed by atoms with Gasteiger partial charge in [-0.3, -0.25) is 0 Å². The zero-order valence-electron chi connectivity index (χ0n) is 9.08. The molecular weight excluding hydrogens is 272 g/mol. The Labute approximate surface area is 104 Å². The van der Waals surface area contributed by atoms with E-state index >= 15 is 0 Å². The molecule has 2 nitrogen and oxygen atoms in total. The van der Waals surface area contributed by atoms with Crippen LogP contribution in [0.1, 0.15) is 25.7 Å². The molecule has 1 saturated carbocycles. The van der Waals surface area contributed by atoms with Crippen LogP contribution in [-0.2, 0) is 7.05 Å². The molecule has 4 heteroatoms. The van der Waals surface area contributed by atoms with Crippen LogP contribution in [0.25, 0.3) is 0 Å². The fraction of sp³-hybridized carbons (Fsp3) is 0.727. The van der Waals surface area contributed by atoms with Crippen LogP contribution in [0.4, 0.5) is 0 Å². The van der Waals surface area contributed by atoms with Crippen molar-refractivity contribution in [2.45, 2.75) is 30.8 Å². The third kappa shape index (κ3) is 2.59. The second-order valence-electron chi connectivity index (χ2n) is 4.45. The molecule has 0 N–H and O–H groups in total. The zero-order valence-corrected chi connectivity index (χ0v) is 11.5. The number of aromatic nitrogens is 2. The number of thioether (sulfide) groups is 1. The van der Waals surface area contributed by atoms with Gasteiger partial charge in [0.15, 0.2) is 5.16 Å². The number of hydrogen-bond donors (Lipinski definition) is 0. The van der Waals surface area contributed by atoms with Gasteiger partial charge in [0.2, 0.25) is 0 Å². The minimum Gasteiger partial charge on any atom is -0.329 e. The van der Waals surface area contributed by atoms with Gasteiger partial charge in [0, 0.05) is 30.5 Å². The van der Waals surface area contributed by atoms with Crippen LogP contribution in [-0.4, -0.2) is 20.6 Å². The second kappa shape index (κ2) is 4.91. The molecule has 15 heavy (non-hydrogen) atoms. The van der Waals surface area contributed by atoms with Gasteiger partial charge in [-0.05, 0) is 18.3 Å². The minimum atomic E-state index is 0.524. The first kappa shape index (κ1) is 11.5. The third-order valence-electron chi connectivity index (χ3n) is 3.23. The summed E-state index contributed by atoms with van der Waals surface area (Å²) in [5.74, 6) is 1.20. The highest BCUT2D eigenvalue weighted by molar-refractivity contribution is 9.09. The highest BCUT2D eigenvalue weighted by Gasteiger charge is 2.32. The van der Waals surface area contributed by atoms with Gasteiger partial charge in [0.1, 0.15) is 0 Å². The van der Waals surface area contributed by atoms with Crippen LogP contribution in [0.2, 0.25) is 0 Å². The van der Waals surface area contributed by atoms with Gasteiger partial charge < -0.3 is 4.57 Å². The molecule has 0 bridgehead atoms. The lowest BCUT2D eigenvalue weighted by atomic mass is 9.92. The van der Waals surface area contributed by atoms with Gasteiger partial charge in [-0.25, -0.2) is 4.98 Å². The molecule has 0 amide bonds. The maximum atomic E-state index is 4.35. The Kier molecular flexibility index (Phi) is 3.78. The van der Waals surface area contributed by atoms with E-state index in [-0.39, 0.29) is 0 Å². The van der Waals surface area contributed by atoms with Crippen LogP contribution in [0, 0.1) is 5.41 Å². The average Bonchev–Trinajstić information content (AvgIpc) is 2.85. The predicted molar refractivity (Wildman–Crippen MR) is 68.6 cm³/mol. The van der Waals surface area contributed by atoms with Crippen molar-refractivity contribution in [2.24, 2.45) is 12.5 Å². The molecule has 1 aromatic heterocycles. The molecule has 84 valence electrons. The maximum Gasteiger partial charge on any atom is 0.167 e. The van der Waals surface area contributed by atoms with E-state index in [0.717, 1.165) is 10.5 Å².